The summed E-state index contributed by atoms with van der Waals surface area (Å²) in [6, 6.07) is 1.09. The van der Waals surface area contributed by atoms with Crippen LogP contribution >= 0.6 is 0 Å². The Labute approximate surface area is 240 Å². The van der Waals surface area contributed by atoms with Gasteiger partial charge in [-0.25, -0.2) is 0 Å². The van der Waals surface area contributed by atoms with Crippen molar-refractivity contribution in [1.82, 2.24) is 25.4 Å². The van der Waals surface area contributed by atoms with E-state index in [9.17, 15) is 32.3 Å². The number of halogens is 3. The van der Waals surface area contributed by atoms with E-state index in [1.54, 1.807) is 23.5 Å². The topological polar surface area (TPSA) is 136 Å². The van der Waals surface area contributed by atoms with Crippen molar-refractivity contribution in [2.24, 2.45) is 17.3 Å². The van der Waals surface area contributed by atoms with E-state index in [1.807, 2.05) is 40.7 Å². The van der Waals surface area contributed by atoms with Crippen molar-refractivity contribution in [2.75, 3.05) is 26.7 Å². The lowest BCUT2D eigenvalue weighted by Gasteiger charge is -2.22. The largest absolute Gasteiger partial charge is 0.471 e. The first-order chi connectivity index (χ1) is 19.0. The quantitative estimate of drug-likeness (QED) is 0.505. The smallest absolute Gasteiger partial charge is 0.340 e. The monoisotopic (exact) mass is 584 g/mol. The highest BCUT2D eigenvalue weighted by Gasteiger charge is 2.41. The molecule has 2 N–H and O–H groups in total. The first-order valence-corrected chi connectivity index (χ1v) is 13.4. The highest BCUT2D eigenvalue weighted by molar-refractivity contribution is 5.99. The van der Waals surface area contributed by atoms with Gasteiger partial charge >= 0.3 is 12.1 Å². The van der Waals surface area contributed by atoms with Crippen LogP contribution in [0.2, 0.25) is 0 Å². The molecule has 0 aliphatic carbocycles. The van der Waals surface area contributed by atoms with Crippen LogP contribution in [0.25, 0.3) is 0 Å². The van der Waals surface area contributed by atoms with Gasteiger partial charge in [-0.3, -0.25) is 24.2 Å². The first-order valence-electron chi connectivity index (χ1n) is 13.4. The predicted molar refractivity (Wildman–Crippen MR) is 148 cm³/mol. The molecular formula is C28H43F3N6O4. The number of fused-ring (bicyclic) bond motifs is 1. The van der Waals surface area contributed by atoms with E-state index in [1.165, 1.54) is 11.1 Å². The fourth-order valence-electron chi connectivity index (χ4n) is 3.75. The number of hydrogen-bond donors (Lipinski definition) is 2. The maximum Gasteiger partial charge on any atom is 0.471 e. The SMILES string of the molecule is CC.CC(C)C.CN1Cc2cncc(C(C#N)NC=O)c2C1=O.C[C@H]1CN(C(=O)CNC(=O)C(F)(F)F)CC1(C)C. The summed E-state index contributed by atoms with van der Waals surface area (Å²) in [6.07, 6.45) is -1.45. The zero-order valence-electron chi connectivity index (χ0n) is 25.3. The molecule has 0 aromatic carbocycles. The molecule has 2 atom stereocenters. The average molecular weight is 585 g/mol. The van der Waals surface area contributed by atoms with Gasteiger partial charge in [0.25, 0.3) is 5.91 Å². The Balaban J connectivity index is 0.000000656. The number of amides is 4. The van der Waals surface area contributed by atoms with Crippen molar-refractivity contribution < 1.29 is 32.3 Å². The lowest BCUT2D eigenvalue weighted by atomic mass is 9.84. The molecule has 3 rings (SSSR count). The second-order valence-corrected chi connectivity index (χ2v) is 10.8. The van der Waals surface area contributed by atoms with Crippen molar-refractivity contribution in [3.05, 3.63) is 29.1 Å². The second-order valence-electron chi connectivity index (χ2n) is 10.8. The van der Waals surface area contributed by atoms with Gasteiger partial charge in [-0.2, -0.15) is 18.4 Å². The molecule has 0 saturated carbocycles. The summed E-state index contributed by atoms with van der Waals surface area (Å²) in [5, 5.41) is 12.9. The van der Waals surface area contributed by atoms with Crippen LogP contribution in [0.4, 0.5) is 13.2 Å². The van der Waals surface area contributed by atoms with Gasteiger partial charge in [-0.05, 0) is 17.3 Å². The Morgan fingerprint density at radius 3 is 2.24 bits per heavy atom. The minimum Gasteiger partial charge on any atom is -0.340 e. The average Bonchev–Trinajstić information content (AvgIpc) is 3.34. The molecule has 1 fully saturated rings. The Kier molecular flexibility index (Phi) is 15.1. The first kappa shape index (κ1) is 37.3. The molecule has 3 heterocycles. The molecule has 41 heavy (non-hydrogen) atoms. The number of alkyl halides is 3. The molecule has 0 radical (unpaired) electrons. The highest BCUT2D eigenvalue weighted by atomic mass is 19.4. The molecule has 1 saturated heterocycles. The standard InChI is InChI=1S/C11H17F3N2O2.C11H10N4O2.C4H10.C2H6/c1-7-5-16(6-10(7,2)3)8(17)4-15-9(18)11(12,13)14;1-15-5-7-3-13-4-8(10(7)11(15)17)9(2-12)14-6-16;1-4(2)3;1-2/h7H,4-6H2,1-3H3,(H,15,18);3-4,6,9H,5H2,1H3,(H,14,16);4H,1-3H3;1-2H3/t7-;;;/m0.../s1. The van der Waals surface area contributed by atoms with Gasteiger partial charge in [-0.1, -0.05) is 55.4 Å². The highest BCUT2D eigenvalue weighted by Crippen LogP contribution is 2.34. The van der Waals surface area contributed by atoms with Crippen molar-refractivity contribution in [3.63, 3.8) is 0 Å². The fourth-order valence-corrected chi connectivity index (χ4v) is 3.75. The summed E-state index contributed by atoms with van der Waals surface area (Å²) in [7, 11) is 1.68. The van der Waals surface area contributed by atoms with Crippen LogP contribution in [-0.2, 0) is 20.9 Å². The zero-order chi connectivity index (χ0) is 32.1. The molecule has 1 aromatic heterocycles. The van der Waals surface area contributed by atoms with Crippen molar-refractivity contribution in [2.45, 2.75) is 74.2 Å². The summed E-state index contributed by atoms with van der Waals surface area (Å²) in [5.74, 6) is -1.60. The molecule has 0 spiro atoms. The summed E-state index contributed by atoms with van der Waals surface area (Å²) >= 11 is 0. The Morgan fingerprint density at radius 1 is 1.24 bits per heavy atom. The third-order valence-electron chi connectivity index (χ3n) is 6.13. The van der Waals surface area contributed by atoms with Gasteiger partial charge in [-0.15, -0.1) is 0 Å². The van der Waals surface area contributed by atoms with E-state index in [0.29, 0.717) is 37.2 Å². The molecule has 1 unspecified atom stereocenters. The van der Waals surface area contributed by atoms with Gasteiger partial charge in [0.05, 0.1) is 18.2 Å². The van der Waals surface area contributed by atoms with E-state index in [0.717, 1.165) is 11.5 Å². The Morgan fingerprint density at radius 2 is 1.80 bits per heavy atom. The Bertz CT molecular complexity index is 1080. The Hall–Kier alpha value is -3.69. The molecule has 2 aliphatic heterocycles. The van der Waals surface area contributed by atoms with Gasteiger partial charge < -0.3 is 20.4 Å². The molecular weight excluding hydrogens is 541 g/mol. The van der Waals surface area contributed by atoms with E-state index < -0.39 is 30.6 Å². The minimum absolute atomic E-state index is 0.0519. The number of rotatable bonds is 5. The van der Waals surface area contributed by atoms with Crippen molar-refractivity contribution in [3.8, 4) is 6.07 Å². The van der Waals surface area contributed by atoms with E-state index in [2.05, 4.69) is 31.1 Å². The lowest BCUT2D eigenvalue weighted by molar-refractivity contribution is -0.174. The molecule has 230 valence electrons. The second kappa shape index (κ2) is 16.5. The number of carbonyl (C=O) groups excluding carboxylic acids is 4. The molecule has 1 aromatic rings. The van der Waals surface area contributed by atoms with Gasteiger partial charge in [0.2, 0.25) is 12.3 Å². The number of nitrogens with zero attached hydrogens (tertiary/aromatic N) is 4. The number of nitriles is 1. The number of likely N-dealkylation sites (tertiary alicyclic amines) is 1. The number of aromatic nitrogens is 1. The van der Waals surface area contributed by atoms with E-state index in [4.69, 9.17) is 5.26 Å². The minimum atomic E-state index is -4.95. The van der Waals surface area contributed by atoms with Crippen molar-refractivity contribution >= 4 is 24.1 Å². The van der Waals surface area contributed by atoms with Gasteiger partial charge in [0.15, 0.2) is 0 Å². The maximum atomic E-state index is 11.9. The van der Waals surface area contributed by atoms with Gasteiger partial charge in [0.1, 0.15) is 6.04 Å². The molecule has 13 heteroatoms. The molecule has 0 bridgehead atoms. The number of hydrogen-bond acceptors (Lipinski definition) is 6. The van der Waals surface area contributed by atoms with Crippen LogP contribution in [0.15, 0.2) is 12.4 Å². The summed E-state index contributed by atoms with van der Waals surface area (Å²) < 4.78 is 35.8. The van der Waals surface area contributed by atoms with Crippen LogP contribution in [0.5, 0.6) is 0 Å². The summed E-state index contributed by atoms with van der Waals surface area (Å²) in [6.45, 7) is 17.4. The third kappa shape index (κ3) is 11.4. The molecule has 2 aliphatic rings. The van der Waals surface area contributed by atoms with E-state index >= 15 is 0 Å². The lowest BCUT2D eigenvalue weighted by Crippen LogP contribution is -2.44. The fraction of sp³-hybridized carbons (Fsp3) is 0.643. The summed E-state index contributed by atoms with van der Waals surface area (Å²) in [5.41, 5.74) is 1.65. The molecule has 4 amide bonds. The number of pyridine rings is 1. The van der Waals surface area contributed by atoms with Crippen LogP contribution in [0, 0.1) is 28.6 Å². The normalized spacial score (nSPS) is 17.4. The van der Waals surface area contributed by atoms with Gasteiger partial charge in [0, 0.05) is 50.2 Å². The third-order valence-corrected chi connectivity index (χ3v) is 6.13. The zero-order valence-corrected chi connectivity index (χ0v) is 25.3. The van der Waals surface area contributed by atoms with E-state index in [-0.39, 0.29) is 17.2 Å². The van der Waals surface area contributed by atoms with Crippen LogP contribution in [0.3, 0.4) is 0 Å². The van der Waals surface area contributed by atoms with Crippen LogP contribution in [-0.4, -0.2) is 71.8 Å². The van der Waals surface area contributed by atoms with Crippen LogP contribution in [0.1, 0.15) is 82.9 Å². The molecule has 10 nitrogen and oxygen atoms in total. The summed E-state index contributed by atoms with van der Waals surface area (Å²) in [4.78, 5) is 51.6. The van der Waals surface area contributed by atoms with Crippen LogP contribution < -0.4 is 10.6 Å². The number of nitrogens with one attached hydrogen (secondary N) is 2. The maximum absolute atomic E-state index is 11.9. The number of carbonyl (C=O) groups is 4. The predicted octanol–water partition coefficient (Wildman–Crippen LogP) is 3.84. The van der Waals surface area contributed by atoms with Crippen molar-refractivity contribution in [1.29, 1.82) is 5.26 Å².